The maximum absolute atomic E-state index is 12.8. The maximum atomic E-state index is 12.8. The van der Waals surface area contributed by atoms with Gasteiger partial charge >= 0.3 is 0 Å². The van der Waals surface area contributed by atoms with Crippen LogP contribution >= 0.6 is 0 Å². The highest BCUT2D eigenvalue weighted by Gasteiger charge is 2.22. The molecule has 2 aromatic carbocycles. The zero-order valence-electron chi connectivity index (χ0n) is 16.3. The molecule has 0 bridgehead atoms. The first kappa shape index (κ1) is 20.4. The summed E-state index contributed by atoms with van der Waals surface area (Å²) < 4.78 is 0. The molecule has 27 heavy (non-hydrogen) atoms. The molecule has 0 aliphatic carbocycles. The lowest BCUT2D eigenvalue weighted by molar-refractivity contribution is -0.122. The predicted molar refractivity (Wildman–Crippen MR) is 108 cm³/mol. The minimum absolute atomic E-state index is 0.124. The van der Waals surface area contributed by atoms with E-state index in [1.54, 1.807) is 6.92 Å². The van der Waals surface area contributed by atoms with Gasteiger partial charge in [0.1, 0.15) is 0 Å². The van der Waals surface area contributed by atoms with Gasteiger partial charge in [0.15, 0.2) is 0 Å². The highest BCUT2D eigenvalue weighted by atomic mass is 16.2. The van der Waals surface area contributed by atoms with Crippen LogP contribution in [0.25, 0.3) is 0 Å². The van der Waals surface area contributed by atoms with Crippen molar-refractivity contribution in [3.8, 4) is 0 Å². The van der Waals surface area contributed by atoms with Crippen molar-refractivity contribution in [3.05, 3.63) is 71.8 Å². The number of carbonyl (C=O) groups excluding carboxylic acids is 2. The highest BCUT2D eigenvalue weighted by molar-refractivity contribution is 6.00. The van der Waals surface area contributed by atoms with Crippen LogP contribution in [0.2, 0.25) is 0 Å². The molecule has 5 heteroatoms. The summed E-state index contributed by atoms with van der Waals surface area (Å²) in [7, 11) is 0. The van der Waals surface area contributed by atoms with Crippen molar-refractivity contribution in [2.24, 2.45) is 5.10 Å². The van der Waals surface area contributed by atoms with Gasteiger partial charge in [-0.2, -0.15) is 5.10 Å². The van der Waals surface area contributed by atoms with E-state index >= 15 is 0 Å². The second-order valence-corrected chi connectivity index (χ2v) is 7.55. The first-order chi connectivity index (χ1) is 12.8. The van der Waals surface area contributed by atoms with Crippen molar-refractivity contribution >= 4 is 17.5 Å². The van der Waals surface area contributed by atoms with Gasteiger partial charge in [-0.25, -0.2) is 5.43 Å². The van der Waals surface area contributed by atoms with E-state index in [9.17, 15) is 9.59 Å². The fraction of sp³-hybridized carbons (Fsp3) is 0.318. The van der Waals surface area contributed by atoms with Crippen LogP contribution in [0.4, 0.5) is 0 Å². The van der Waals surface area contributed by atoms with Gasteiger partial charge in [0, 0.05) is 11.3 Å². The SMILES string of the molecule is CC(CC(=O)NC(C)(C)C)=NNC(=O)C(c1ccccc1)c1ccccc1. The molecule has 0 spiro atoms. The largest absolute Gasteiger partial charge is 0.351 e. The summed E-state index contributed by atoms with van der Waals surface area (Å²) in [6.45, 7) is 7.49. The normalized spacial score (nSPS) is 12.0. The summed E-state index contributed by atoms with van der Waals surface area (Å²) in [5, 5.41) is 7.00. The lowest BCUT2D eigenvalue weighted by Gasteiger charge is -2.20. The standard InChI is InChI=1S/C22H27N3O2/c1-16(15-19(26)23-22(2,3)4)24-25-21(27)20(17-11-7-5-8-12-17)18-13-9-6-10-14-18/h5-14,20H,15H2,1-4H3,(H,23,26)(H,25,27). The third kappa shape index (κ3) is 6.70. The maximum Gasteiger partial charge on any atom is 0.252 e. The van der Waals surface area contributed by atoms with Gasteiger partial charge in [-0.15, -0.1) is 0 Å². The third-order valence-electron chi connectivity index (χ3n) is 3.82. The molecule has 0 aromatic heterocycles. The number of benzene rings is 2. The molecular formula is C22H27N3O2. The number of hydrazone groups is 1. The van der Waals surface area contributed by atoms with E-state index in [1.807, 2.05) is 81.4 Å². The summed E-state index contributed by atoms with van der Waals surface area (Å²) in [6, 6.07) is 19.1. The molecular weight excluding hydrogens is 338 g/mol. The Morgan fingerprint density at radius 1 is 0.926 bits per heavy atom. The lowest BCUT2D eigenvalue weighted by atomic mass is 9.91. The lowest BCUT2D eigenvalue weighted by Crippen LogP contribution is -2.41. The molecule has 0 saturated carbocycles. The van der Waals surface area contributed by atoms with Crippen LogP contribution in [0.3, 0.4) is 0 Å². The molecule has 142 valence electrons. The molecule has 2 aromatic rings. The Kier molecular flexibility index (Phi) is 6.88. The van der Waals surface area contributed by atoms with Gasteiger partial charge in [-0.3, -0.25) is 9.59 Å². The van der Waals surface area contributed by atoms with Crippen molar-refractivity contribution < 1.29 is 9.59 Å². The molecule has 0 radical (unpaired) electrons. The molecule has 2 N–H and O–H groups in total. The fourth-order valence-electron chi connectivity index (χ4n) is 2.74. The van der Waals surface area contributed by atoms with E-state index in [1.165, 1.54) is 0 Å². The second-order valence-electron chi connectivity index (χ2n) is 7.55. The number of rotatable bonds is 6. The molecule has 0 aliphatic rings. The van der Waals surface area contributed by atoms with Gasteiger partial charge in [0.25, 0.3) is 5.91 Å². The van der Waals surface area contributed by atoms with Crippen LogP contribution in [-0.4, -0.2) is 23.1 Å². The molecule has 0 atom stereocenters. The van der Waals surface area contributed by atoms with E-state index in [2.05, 4.69) is 15.8 Å². The Balaban J connectivity index is 2.11. The fourth-order valence-corrected chi connectivity index (χ4v) is 2.74. The minimum Gasteiger partial charge on any atom is -0.351 e. The number of hydrogen-bond acceptors (Lipinski definition) is 3. The van der Waals surface area contributed by atoms with Gasteiger partial charge in [-0.1, -0.05) is 60.7 Å². The molecule has 0 fully saturated rings. The molecule has 0 saturated heterocycles. The van der Waals surface area contributed by atoms with E-state index in [-0.39, 0.29) is 23.8 Å². The zero-order chi connectivity index (χ0) is 19.9. The Morgan fingerprint density at radius 2 is 1.41 bits per heavy atom. The Labute approximate surface area is 160 Å². The summed E-state index contributed by atoms with van der Waals surface area (Å²) in [4.78, 5) is 24.8. The predicted octanol–water partition coefficient (Wildman–Crippen LogP) is 3.62. The van der Waals surface area contributed by atoms with Crippen molar-refractivity contribution in [3.63, 3.8) is 0 Å². The van der Waals surface area contributed by atoms with Crippen molar-refractivity contribution in [1.29, 1.82) is 0 Å². The molecule has 2 amide bonds. The van der Waals surface area contributed by atoms with Crippen LogP contribution < -0.4 is 10.7 Å². The number of amides is 2. The molecule has 2 rings (SSSR count). The van der Waals surface area contributed by atoms with Crippen LogP contribution in [0.1, 0.15) is 51.2 Å². The van der Waals surface area contributed by atoms with Crippen LogP contribution in [0, 0.1) is 0 Å². The Hall–Kier alpha value is -2.95. The Bertz CT molecular complexity index is 754. The summed E-state index contributed by atoms with van der Waals surface area (Å²) in [6.07, 6.45) is 0.138. The number of nitrogens with zero attached hydrogens (tertiary/aromatic N) is 1. The minimum atomic E-state index is -0.465. The second kappa shape index (κ2) is 9.12. The summed E-state index contributed by atoms with van der Waals surface area (Å²) in [5.41, 5.74) is 4.64. The van der Waals surface area contributed by atoms with E-state index in [0.29, 0.717) is 5.71 Å². The van der Waals surface area contributed by atoms with Gasteiger partial charge < -0.3 is 5.32 Å². The molecule has 0 heterocycles. The first-order valence-corrected chi connectivity index (χ1v) is 9.00. The monoisotopic (exact) mass is 365 g/mol. The van der Waals surface area contributed by atoms with Crippen LogP contribution in [-0.2, 0) is 9.59 Å². The molecule has 5 nitrogen and oxygen atoms in total. The first-order valence-electron chi connectivity index (χ1n) is 9.00. The van der Waals surface area contributed by atoms with E-state index < -0.39 is 5.92 Å². The van der Waals surface area contributed by atoms with Crippen molar-refractivity contribution in [2.75, 3.05) is 0 Å². The number of carbonyl (C=O) groups is 2. The average molecular weight is 365 g/mol. The molecule has 0 unspecified atom stereocenters. The van der Waals surface area contributed by atoms with Crippen LogP contribution in [0.15, 0.2) is 65.8 Å². The topological polar surface area (TPSA) is 70.6 Å². The number of hydrogen-bond donors (Lipinski definition) is 2. The third-order valence-corrected chi connectivity index (χ3v) is 3.82. The van der Waals surface area contributed by atoms with Crippen molar-refractivity contribution in [1.82, 2.24) is 10.7 Å². The highest BCUT2D eigenvalue weighted by Crippen LogP contribution is 2.24. The number of nitrogens with one attached hydrogen (secondary N) is 2. The average Bonchev–Trinajstić information content (AvgIpc) is 2.60. The van der Waals surface area contributed by atoms with E-state index in [4.69, 9.17) is 0 Å². The van der Waals surface area contributed by atoms with Crippen molar-refractivity contribution in [2.45, 2.75) is 45.6 Å². The zero-order valence-corrected chi connectivity index (χ0v) is 16.3. The van der Waals surface area contributed by atoms with Crippen LogP contribution in [0.5, 0.6) is 0 Å². The summed E-state index contributed by atoms with van der Waals surface area (Å²) in [5.74, 6) is -0.823. The smallest absolute Gasteiger partial charge is 0.252 e. The summed E-state index contributed by atoms with van der Waals surface area (Å²) >= 11 is 0. The van der Waals surface area contributed by atoms with Gasteiger partial charge in [0.2, 0.25) is 5.91 Å². The Morgan fingerprint density at radius 3 is 1.85 bits per heavy atom. The quantitative estimate of drug-likeness (QED) is 0.606. The van der Waals surface area contributed by atoms with Gasteiger partial charge in [0.05, 0.1) is 12.3 Å². The molecule has 0 aliphatic heterocycles. The van der Waals surface area contributed by atoms with Gasteiger partial charge in [-0.05, 0) is 38.8 Å². The van der Waals surface area contributed by atoms with E-state index in [0.717, 1.165) is 11.1 Å².